The standard InChI is InChI=1S/C11H11F3N2O.C7H8O3S/c12-7-3-9(14)8(13)1-5(7)6-2-11(17)16-4-10(6)15;1-6-2-4-7(5-3-6)11(8,9)10/h1,3,6,10H,2,4,15H2,(H,16,17);2-5H,1H3,(H,8,9,10)/t6-,10+;/m1./s1. The van der Waals surface area contributed by atoms with E-state index in [-0.39, 0.29) is 29.3 Å². The molecule has 6 nitrogen and oxygen atoms in total. The van der Waals surface area contributed by atoms with Crippen molar-refractivity contribution in [2.45, 2.75) is 30.2 Å². The molecule has 1 amide bonds. The molecule has 1 fully saturated rings. The van der Waals surface area contributed by atoms with Gasteiger partial charge in [0.1, 0.15) is 5.82 Å². The van der Waals surface area contributed by atoms with E-state index in [9.17, 15) is 26.4 Å². The van der Waals surface area contributed by atoms with Crippen molar-refractivity contribution in [3.05, 3.63) is 65.0 Å². The molecule has 1 aliphatic heterocycles. The van der Waals surface area contributed by atoms with Gasteiger partial charge < -0.3 is 11.1 Å². The summed E-state index contributed by atoms with van der Waals surface area (Å²) in [6, 6.07) is 6.73. The number of hydrogen-bond acceptors (Lipinski definition) is 4. The monoisotopic (exact) mass is 416 g/mol. The van der Waals surface area contributed by atoms with Gasteiger partial charge in [0.2, 0.25) is 5.91 Å². The highest BCUT2D eigenvalue weighted by Gasteiger charge is 2.30. The zero-order valence-electron chi connectivity index (χ0n) is 14.8. The smallest absolute Gasteiger partial charge is 0.294 e. The number of halogens is 3. The first kappa shape index (κ1) is 21.9. The molecule has 3 rings (SSSR count). The summed E-state index contributed by atoms with van der Waals surface area (Å²) >= 11 is 0. The van der Waals surface area contributed by atoms with Crippen molar-refractivity contribution in [1.82, 2.24) is 5.32 Å². The molecule has 10 heteroatoms. The lowest BCUT2D eigenvalue weighted by Gasteiger charge is -2.29. The third-order valence-corrected chi connectivity index (χ3v) is 5.08. The van der Waals surface area contributed by atoms with Gasteiger partial charge in [0, 0.05) is 31.0 Å². The summed E-state index contributed by atoms with van der Waals surface area (Å²) in [5.41, 5.74) is 6.64. The molecular weight excluding hydrogens is 397 g/mol. The van der Waals surface area contributed by atoms with E-state index in [1.807, 2.05) is 6.92 Å². The molecule has 0 unspecified atom stereocenters. The zero-order chi connectivity index (χ0) is 21.1. The minimum absolute atomic E-state index is 0.0246. The summed E-state index contributed by atoms with van der Waals surface area (Å²) in [5.74, 6) is -4.17. The molecule has 2 aromatic carbocycles. The number of nitrogens with one attached hydrogen (secondary N) is 1. The van der Waals surface area contributed by atoms with Crippen molar-refractivity contribution < 1.29 is 30.9 Å². The van der Waals surface area contributed by atoms with E-state index >= 15 is 0 Å². The first-order valence-corrected chi connectivity index (χ1v) is 9.64. The maximum Gasteiger partial charge on any atom is 0.294 e. The van der Waals surface area contributed by atoms with Gasteiger partial charge in [-0.2, -0.15) is 8.42 Å². The van der Waals surface area contributed by atoms with Gasteiger partial charge in [0.05, 0.1) is 4.90 Å². The number of nitrogens with two attached hydrogens (primary N) is 1. The molecule has 1 heterocycles. The molecule has 1 aliphatic rings. The summed E-state index contributed by atoms with van der Waals surface area (Å²) in [6.07, 6.45) is -0.0246. The molecule has 28 heavy (non-hydrogen) atoms. The highest BCUT2D eigenvalue weighted by atomic mass is 32.2. The van der Waals surface area contributed by atoms with E-state index in [0.717, 1.165) is 11.6 Å². The number of rotatable bonds is 2. The number of hydrogen-bond donors (Lipinski definition) is 3. The van der Waals surface area contributed by atoms with E-state index in [4.69, 9.17) is 10.3 Å². The van der Waals surface area contributed by atoms with E-state index in [0.29, 0.717) is 6.07 Å². The van der Waals surface area contributed by atoms with Crippen molar-refractivity contribution in [3.63, 3.8) is 0 Å². The van der Waals surface area contributed by atoms with Gasteiger partial charge >= 0.3 is 0 Å². The molecule has 0 aromatic heterocycles. The molecule has 0 saturated carbocycles. The molecule has 2 atom stereocenters. The Kier molecular flexibility index (Phi) is 6.81. The van der Waals surface area contributed by atoms with Crippen LogP contribution in [0.25, 0.3) is 0 Å². The van der Waals surface area contributed by atoms with Crippen LogP contribution >= 0.6 is 0 Å². The quantitative estimate of drug-likeness (QED) is 0.514. The van der Waals surface area contributed by atoms with Crippen LogP contribution < -0.4 is 11.1 Å². The Morgan fingerprint density at radius 3 is 2.21 bits per heavy atom. The molecule has 0 spiro atoms. The Balaban J connectivity index is 0.000000221. The van der Waals surface area contributed by atoms with Gasteiger partial charge in [-0.3, -0.25) is 9.35 Å². The maximum atomic E-state index is 13.5. The lowest BCUT2D eigenvalue weighted by molar-refractivity contribution is -0.122. The third kappa shape index (κ3) is 5.54. The Morgan fingerprint density at radius 1 is 1.07 bits per heavy atom. The maximum absolute atomic E-state index is 13.5. The summed E-state index contributed by atoms with van der Waals surface area (Å²) in [4.78, 5) is 11.1. The molecule has 0 radical (unpaired) electrons. The Morgan fingerprint density at radius 2 is 1.64 bits per heavy atom. The summed E-state index contributed by atoms with van der Waals surface area (Å²) in [7, 11) is -4.02. The largest absolute Gasteiger partial charge is 0.355 e. The molecule has 0 bridgehead atoms. The Hall–Kier alpha value is -2.43. The minimum atomic E-state index is -4.02. The van der Waals surface area contributed by atoms with Gasteiger partial charge in [-0.05, 0) is 30.7 Å². The van der Waals surface area contributed by atoms with Crippen LogP contribution in [0.1, 0.15) is 23.5 Å². The van der Waals surface area contributed by atoms with Crippen LogP contribution in [0.4, 0.5) is 13.2 Å². The lowest BCUT2D eigenvalue weighted by atomic mass is 9.86. The van der Waals surface area contributed by atoms with Crippen LogP contribution in [-0.2, 0) is 14.9 Å². The third-order valence-electron chi connectivity index (χ3n) is 4.21. The number of piperidine rings is 1. The fraction of sp³-hybridized carbons (Fsp3) is 0.278. The van der Waals surface area contributed by atoms with Gasteiger partial charge in [0.15, 0.2) is 11.6 Å². The second kappa shape index (κ2) is 8.72. The van der Waals surface area contributed by atoms with E-state index in [1.165, 1.54) is 12.1 Å². The predicted molar refractivity (Wildman–Crippen MR) is 95.7 cm³/mol. The van der Waals surface area contributed by atoms with Crippen LogP contribution in [0.3, 0.4) is 0 Å². The number of benzene rings is 2. The summed E-state index contributed by atoms with van der Waals surface area (Å²) in [6.45, 7) is 2.04. The molecule has 4 N–H and O–H groups in total. The SMILES string of the molecule is Cc1ccc(S(=O)(=O)O)cc1.N[C@H]1CNC(=O)C[C@@H]1c1cc(F)c(F)cc1F. The van der Waals surface area contributed by atoms with Crippen LogP contribution in [0.5, 0.6) is 0 Å². The van der Waals surface area contributed by atoms with E-state index < -0.39 is 39.5 Å². The highest BCUT2D eigenvalue weighted by molar-refractivity contribution is 7.85. The predicted octanol–water partition coefficient (Wildman–Crippen LogP) is 2.28. The topological polar surface area (TPSA) is 109 Å². The zero-order valence-corrected chi connectivity index (χ0v) is 15.6. The van der Waals surface area contributed by atoms with Gasteiger partial charge in [-0.15, -0.1) is 0 Å². The van der Waals surface area contributed by atoms with E-state index in [2.05, 4.69) is 5.32 Å². The van der Waals surface area contributed by atoms with Gasteiger partial charge in [0.25, 0.3) is 10.1 Å². The first-order chi connectivity index (χ1) is 13.0. The molecular formula is C18H19F3N2O4S. The fourth-order valence-corrected chi connectivity index (χ4v) is 3.15. The Bertz CT molecular complexity index is 966. The van der Waals surface area contributed by atoms with E-state index in [1.54, 1.807) is 12.1 Å². The number of aryl methyl sites for hydroxylation is 1. The number of carbonyl (C=O) groups excluding carboxylic acids is 1. The average molecular weight is 416 g/mol. The average Bonchev–Trinajstić information content (AvgIpc) is 2.60. The molecule has 2 aromatic rings. The van der Waals surface area contributed by atoms with Crippen molar-refractivity contribution in [2.24, 2.45) is 5.73 Å². The second-order valence-electron chi connectivity index (χ2n) is 6.35. The highest BCUT2D eigenvalue weighted by Crippen LogP contribution is 2.28. The van der Waals surface area contributed by atoms with Crippen LogP contribution in [0, 0.1) is 24.4 Å². The molecule has 152 valence electrons. The number of amides is 1. The van der Waals surface area contributed by atoms with Gasteiger partial charge in [-0.25, -0.2) is 13.2 Å². The minimum Gasteiger partial charge on any atom is -0.355 e. The lowest BCUT2D eigenvalue weighted by Crippen LogP contribution is -2.47. The second-order valence-corrected chi connectivity index (χ2v) is 7.78. The number of carbonyl (C=O) groups is 1. The van der Waals surface area contributed by atoms with Crippen molar-refractivity contribution in [2.75, 3.05) is 6.54 Å². The van der Waals surface area contributed by atoms with Crippen molar-refractivity contribution >= 4 is 16.0 Å². The molecule has 1 saturated heterocycles. The van der Waals surface area contributed by atoms with Crippen LogP contribution in [-0.4, -0.2) is 31.5 Å². The van der Waals surface area contributed by atoms with Crippen molar-refractivity contribution in [1.29, 1.82) is 0 Å². The molecule has 0 aliphatic carbocycles. The fourth-order valence-electron chi connectivity index (χ4n) is 2.67. The summed E-state index contributed by atoms with van der Waals surface area (Å²) in [5, 5.41) is 2.52. The van der Waals surface area contributed by atoms with Crippen molar-refractivity contribution in [3.8, 4) is 0 Å². The normalized spacial score (nSPS) is 19.4. The van der Waals surface area contributed by atoms with Crippen LogP contribution in [0.2, 0.25) is 0 Å². The summed E-state index contributed by atoms with van der Waals surface area (Å²) < 4.78 is 68.9. The van der Waals surface area contributed by atoms with Crippen LogP contribution in [0.15, 0.2) is 41.3 Å². The van der Waals surface area contributed by atoms with Gasteiger partial charge in [-0.1, -0.05) is 17.7 Å². The Labute approximate surface area is 160 Å². The first-order valence-electron chi connectivity index (χ1n) is 8.20.